The molecule has 0 spiro atoms. The number of furan rings is 1. The van der Waals surface area contributed by atoms with Crippen LogP contribution >= 0.6 is 0 Å². The first-order valence-electron chi connectivity index (χ1n) is 10.4. The maximum atomic E-state index is 14.1. The Morgan fingerprint density at radius 3 is 2.61 bits per heavy atom. The van der Waals surface area contributed by atoms with Crippen molar-refractivity contribution in [1.29, 1.82) is 0 Å². The Hall–Kier alpha value is -3.67. The molecule has 1 fully saturated rings. The second kappa shape index (κ2) is 8.22. The van der Waals surface area contributed by atoms with Crippen LogP contribution in [0.25, 0.3) is 28.5 Å². The number of fused-ring (bicyclic) bond motifs is 1. The van der Waals surface area contributed by atoms with Crippen LogP contribution in [0, 0.1) is 5.82 Å². The normalized spacial score (nSPS) is 15.2. The Morgan fingerprint density at radius 1 is 1.06 bits per heavy atom. The van der Waals surface area contributed by atoms with E-state index in [0.717, 1.165) is 35.3 Å². The maximum Gasteiger partial charge on any atom is 0.246 e. The lowest BCUT2D eigenvalue weighted by Crippen LogP contribution is -2.38. The molecule has 2 aromatic carbocycles. The molecule has 6 heteroatoms. The van der Waals surface area contributed by atoms with Gasteiger partial charge in [-0.1, -0.05) is 30.3 Å². The number of carbonyl (C=O) groups excluding carboxylic acids is 1. The van der Waals surface area contributed by atoms with Crippen LogP contribution in [-0.4, -0.2) is 33.4 Å². The number of halogens is 1. The van der Waals surface area contributed by atoms with Crippen molar-refractivity contribution < 1.29 is 13.6 Å². The molecule has 0 atom stereocenters. The van der Waals surface area contributed by atoms with Crippen molar-refractivity contribution in [2.45, 2.75) is 18.9 Å². The van der Waals surface area contributed by atoms with Crippen LogP contribution in [0.3, 0.4) is 0 Å². The number of nitrogens with zero attached hydrogens (tertiary/aromatic N) is 3. The molecule has 5 rings (SSSR count). The summed E-state index contributed by atoms with van der Waals surface area (Å²) >= 11 is 0. The first kappa shape index (κ1) is 19.3. The molecular weight excluding hydrogens is 393 g/mol. The Balaban J connectivity index is 1.40. The number of benzene rings is 2. The summed E-state index contributed by atoms with van der Waals surface area (Å²) < 4.78 is 21.4. The predicted octanol–water partition coefficient (Wildman–Crippen LogP) is 5.31. The van der Waals surface area contributed by atoms with Gasteiger partial charge >= 0.3 is 0 Å². The van der Waals surface area contributed by atoms with Crippen molar-refractivity contribution in [2.24, 2.45) is 0 Å². The molecule has 3 heterocycles. The number of hydrogen-bond donors (Lipinski definition) is 0. The van der Waals surface area contributed by atoms with Crippen LogP contribution < -0.4 is 0 Å². The highest BCUT2D eigenvalue weighted by atomic mass is 19.1. The highest BCUT2D eigenvalue weighted by molar-refractivity contribution is 5.91. The molecule has 2 aromatic heterocycles. The molecule has 156 valence electrons. The van der Waals surface area contributed by atoms with Gasteiger partial charge in [0.2, 0.25) is 5.91 Å². The van der Waals surface area contributed by atoms with Gasteiger partial charge in [0.05, 0.1) is 17.3 Å². The van der Waals surface area contributed by atoms with Crippen LogP contribution in [0.2, 0.25) is 0 Å². The van der Waals surface area contributed by atoms with E-state index in [1.165, 1.54) is 6.07 Å². The van der Waals surface area contributed by atoms with Crippen molar-refractivity contribution in [3.63, 3.8) is 0 Å². The van der Waals surface area contributed by atoms with E-state index in [1.54, 1.807) is 36.6 Å². The molecule has 0 N–H and O–H groups in total. The summed E-state index contributed by atoms with van der Waals surface area (Å²) in [6.07, 6.45) is 6.38. The van der Waals surface area contributed by atoms with Crippen LogP contribution in [0.5, 0.6) is 0 Å². The van der Waals surface area contributed by atoms with Gasteiger partial charge in [-0.2, -0.15) is 0 Å². The standard InChI is InChI=1S/C25H22FN3O2/c26-19-8-10-22-23(17-19)29(25(27-22)18-5-2-1-3-6-18)20-12-14-28(15-13-20)24(30)11-9-21-7-4-16-31-21/h1-11,16-17,20H,12-15H2/b11-9+. The van der Waals surface area contributed by atoms with E-state index in [4.69, 9.17) is 9.40 Å². The number of hydrogen-bond acceptors (Lipinski definition) is 3. The third-order valence-electron chi connectivity index (χ3n) is 5.76. The molecule has 1 aliphatic heterocycles. The van der Waals surface area contributed by atoms with Gasteiger partial charge in [0, 0.05) is 30.8 Å². The second-order valence-electron chi connectivity index (χ2n) is 7.71. The van der Waals surface area contributed by atoms with Gasteiger partial charge in [-0.05, 0) is 49.2 Å². The fourth-order valence-electron chi connectivity index (χ4n) is 4.22. The molecule has 0 saturated carbocycles. The average molecular weight is 415 g/mol. The maximum absolute atomic E-state index is 14.1. The van der Waals surface area contributed by atoms with Crippen LogP contribution in [0.4, 0.5) is 4.39 Å². The molecule has 1 aliphatic rings. The largest absolute Gasteiger partial charge is 0.465 e. The van der Waals surface area contributed by atoms with E-state index in [9.17, 15) is 9.18 Å². The molecule has 0 unspecified atom stereocenters. The van der Waals surface area contributed by atoms with Crippen LogP contribution in [0.15, 0.2) is 77.4 Å². The van der Waals surface area contributed by atoms with E-state index in [-0.39, 0.29) is 17.8 Å². The molecule has 0 aliphatic carbocycles. The zero-order valence-corrected chi connectivity index (χ0v) is 16.9. The zero-order valence-electron chi connectivity index (χ0n) is 16.9. The minimum atomic E-state index is -0.274. The van der Waals surface area contributed by atoms with Gasteiger partial charge < -0.3 is 13.9 Å². The number of piperidine rings is 1. The van der Waals surface area contributed by atoms with Crippen molar-refractivity contribution in [3.8, 4) is 11.4 Å². The Kier molecular flexibility index (Phi) is 5.12. The Morgan fingerprint density at radius 2 is 1.87 bits per heavy atom. The summed E-state index contributed by atoms with van der Waals surface area (Å²) in [4.78, 5) is 19.2. The number of carbonyl (C=O) groups is 1. The highest BCUT2D eigenvalue weighted by Gasteiger charge is 2.26. The minimum absolute atomic E-state index is 0.0281. The van der Waals surface area contributed by atoms with Crippen LogP contribution in [0.1, 0.15) is 24.6 Å². The fraction of sp³-hybridized carbons (Fsp3) is 0.200. The van der Waals surface area contributed by atoms with E-state index in [2.05, 4.69) is 4.57 Å². The number of imidazole rings is 1. The lowest BCUT2D eigenvalue weighted by Gasteiger charge is -2.33. The first-order valence-corrected chi connectivity index (χ1v) is 10.4. The predicted molar refractivity (Wildman–Crippen MR) is 118 cm³/mol. The molecule has 0 radical (unpaired) electrons. The number of rotatable bonds is 4. The number of aromatic nitrogens is 2. The van der Waals surface area contributed by atoms with Crippen molar-refractivity contribution >= 4 is 23.0 Å². The highest BCUT2D eigenvalue weighted by Crippen LogP contribution is 2.33. The third kappa shape index (κ3) is 3.89. The monoisotopic (exact) mass is 415 g/mol. The van der Waals surface area contributed by atoms with Crippen molar-refractivity contribution in [2.75, 3.05) is 13.1 Å². The molecule has 4 aromatic rings. The molecule has 0 bridgehead atoms. The number of likely N-dealkylation sites (tertiary alicyclic amines) is 1. The van der Waals surface area contributed by atoms with E-state index < -0.39 is 0 Å². The van der Waals surface area contributed by atoms with Gasteiger partial charge in [-0.3, -0.25) is 4.79 Å². The third-order valence-corrected chi connectivity index (χ3v) is 5.76. The van der Waals surface area contributed by atoms with Gasteiger partial charge in [-0.25, -0.2) is 9.37 Å². The first-order chi connectivity index (χ1) is 15.2. The summed E-state index contributed by atoms with van der Waals surface area (Å²) in [5, 5.41) is 0. The topological polar surface area (TPSA) is 51.3 Å². The van der Waals surface area contributed by atoms with E-state index in [1.807, 2.05) is 41.3 Å². The average Bonchev–Trinajstić information content (AvgIpc) is 3.46. The Bertz CT molecular complexity index is 1220. The molecule has 1 amide bonds. The molecular formula is C25H22FN3O2. The van der Waals surface area contributed by atoms with Gasteiger partial charge in [-0.15, -0.1) is 0 Å². The molecule has 1 saturated heterocycles. The minimum Gasteiger partial charge on any atom is -0.465 e. The van der Waals surface area contributed by atoms with Gasteiger partial charge in [0.15, 0.2) is 0 Å². The SMILES string of the molecule is O=C(/C=C/c1ccco1)N1CCC(n2c(-c3ccccc3)nc3ccc(F)cc32)CC1. The lowest BCUT2D eigenvalue weighted by molar-refractivity contribution is -0.127. The van der Waals surface area contributed by atoms with E-state index in [0.29, 0.717) is 18.8 Å². The van der Waals surface area contributed by atoms with E-state index >= 15 is 0 Å². The molecule has 5 nitrogen and oxygen atoms in total. The van der Waals surface area contributed by atoms with Gasteiger partial charge in [0.1, 0.15) is 17.4 Å². The Labute approximate surface area is 179 Å². The fourth-order valence-corrected chi connectivity index (χ4v) is 4.22. The lowest BCUT2D eigenvalue weighted by atomic mass is 10.0. The zero-order chi connectivity index (χ0) is 21.2. The van der Waals surface area contributed by atoms with Crippen molar-refractivity contribution in [1.82, 2.24) is 14.5 Å². The summed E-state index contributed by atoms with van der Waals surface area (Å²) in [5.41, 5.74) is 2.57. The summed E-state index contributed by atoms with van der Waals surface area (Å²) in [6, 6.07) is 18.4. The van der Waals surface area contributed by atoms with Gasteiger partial charge in [0.25, 0.3) is 0 Å². The number of amides is 1. The summed E-state index contributed by atoms with van der Waals surface area (Å²) in [6.45, 7) is 1.27. The van der Waals surface area contributed by atoms with Crippen LogP contribution in [-0.2, 0) is 4.79 Å². The summed E-state index contributed by atoms with van der Waals surface area (Å²) in [7, 11) is 0. The van der Waals surface area contributed by atoms with Crippen molar-refractivity contribution in [3.05, 3.63) is 84.6 Å². The summed E-state index contributed by atoms with van der Waals surface area (Å²) in [5.74, 6) is 1.19. The molecule has 31 heavy (non-hydrogen) atoms. The smallest absolute Gasteiger partial charge is 0.246 e. The quantitative estimate of drug-likeness (QED) is 0.424. The second-order valence-corrected chi connectivity index (χ2v) is 7.71.